The molecule has 3 nitrogen and oxygen atoms in total. The first kappa shape index (κ1) is 15.0. The Labute approximate surface area is 121 Å². The fraction of sp³-hybridized carbons (Fsp3) is 0.588. The lowest BCUT2D eigenvalue weighted by Gasteiger charge is -2.43. The molecular formula is C17H26N2O. The lowest BCUT2D eigenvalue weighted by molar-refractivity contribution is -0.126. The summed E-state index contributed by atoms with van der Waals surface area (Å²) in [6.07, 6.45) is 5.17. The molecule has 1 fully saturated rings. The molecular weight excluding hydrogens is 248 g/mol. The topological polar surface area (TPSA) is 55.1 Å². The van der Waals surface area contributed by atoms with E-state index in [1.54, 1.807) is 0 Å². The number of nitrogens with one attached hydrogen (secondary N) is 1. The van der Waals surface area contributed by atoms with Gasteiger partial charge in [-0.15, -0.1) is 0 Å². The summed E-state index contributed by atoms with van der Waals surface area (Å²) in [5, 5.41) is 3.09. The van der Waals surface area contributed by atoms with Gasteiger partial charge in [-0.1, -0.05) is 50.1 Å². The van der Waals surface area contributed by atoms with Crippen LogP contribution in [0.25, 0.3) is 0 Å². The third kappa shape index (κ3) is 3.04. The van der Waals surface area contributed by atoms with E-state index in [0.29, 0.717) is 6.54 Å². The molecule has 0 aliphatic heterocycles. The van der Waals surface area contributed by atoms with Crippen LogP contribution in [-0.2, 0) is 10.2 Å². The molecule has 0 aromatic heterocycles. The van der Waals surface area contributed by atoms with Gasteiger partial charge < -0.3 is 11.1 Å². The van der Waals surface area contributed by atoms with Crippen LogP contribution < -0.4 is 11.1 Å². The van der Waals surface area contributed by atoms with Crippen molar-refractivity contribution >= 4 is 5.91 Å². The minimum Gasteiger partial charge on any atom is -0.354 e. The maximum atomic E-state index is 12.2. The molecule has 1 aromatic carbocycles. The van der Waals surface area contributed by atoms with Crippen molar-refractivity contribution in [2.75, 3.05) is 6.54 Å². The van der Waals surface area contributed by atoms with E-state index in [-0.39, 0.29) is 11.3 Å². The Hall–Kier alpha value is -1.35. The molecule has 1 saturated carbocycles. The first-order valence-corrected chi connectivity index (χ1v) is 7.63. The highest BCUT2D eigenvalue weighted by Crippen LogP contribution is 2.43. The van der Waals surface area contributed by atoms with Crippen LogP contribution in [0.1, 0.15) is 51.5 Å². The Morgan fingerprint density at radius 2 is 2.00 bits per heavy atom. The van der Waals surface area contributed by atoms with E-state index in [9.17, 15) is 4.79 Å². The third-order valence-corrected chi connectivity index (χ3v) is 4.57. The molecule has 1 atom stereocenters. The van der Waals surface area contributed by atoms with Gasteiger partial charge in [0.25, 0.3) is 0 Å². The average Bonchev–Trinajstić information content (AvgIpc) is 2.38. The van der Waals surface area contributed by atoms with Crippen LogP contribution in [0, 0.1) is 0 Å². The maximum Gasteiger partial charge on any atom is 0.239 e. The lowest BCUT2D eigenvalue weighted by Crippen LogP contribution is -2.55. The van der Waals surface area contributed by atoms with Gasteiger partial charge in [-0.25, -0.2) is 0 Å². The molecule has 3 N–H and O–H groups in total. The highest BCUT2D eigenvalue weighted by atomic mass is 16.2. The van der Waals surface area contributed by atoms with Gasteiger partial charge in [-0.2, -0.15) is 0 Å². The summed E-state index contributed by atoms with van der Waals surface area (Å²) in [7, 11) is 0. The molecule has 0 bridgehead atoms. The van der Waals surface area contributed by atoms with E-state index < -0.39 is 5.54 Å². The Morgan fingerprint density at radius 1 is 1.35 bits per heavy atom. The predicted molar refractivity (Wildman–Crippen MR) is 82.5 cm³/mol. The summed E-state index contributed by atoms with van der Waals surface area (Å²) in [6, 6.07) is 10.5. The van der Waals surface area contributed by atoms with Gasteiger partial charge in [0, 0.05) is 12.0 Å². The second-order valence-electron chi connectivity index (χ2n) is 6.35. The first-order valence-electron chi connectivity index (χ1n) is 7.63. The smallest absolute Gasteiger partial charge is 0.239 e. The summed E-state index contributed by atoms with van der Waals surface area (Å²) in [6.45, 7) is 4.57. The normalized spacial score (nSPS) is 19.8. The molecule has 110 valence electrons. The molecule has 1 unspecified atom stereocenters. The van der Waals surface area contributed by atoms with Gasteiger partial charge in [-0.3, -0.25) is 4.79 Å². The molecule has 2 rings (SSSR count). The van der Waals surface area contributed by atoms with Crippen LogP contribution in [0.15, 0.2) is 30.3 Å². The van der Waals surface area contributed by atoms with Crippen molar-refractivity contribution in [3.63, 3.8) is 0 Å². The van der Waals surface area contributed by atoms with Crippen LogP contribution in [0.2, 0.25) is 0 Å². The quantitative estimate of drug-likeness (QED) is 0.838. The van der Waals surface area contributed by atoms with Crippen LogP contribution in [0.4, 0.5) is 0 Å². The fourth-order valence-electron chi connectivity index (χ4n) is 3.05. The first-order chi connectivity index (χ1) is 9.50. The molecule has 0 heterocycles. The Kier molecular flexibility index (Phi) is 4.48. The zero-order chi connectivity index (χ0) is 14.6. The minimum atomic E-state index is -0.754. The van der Waals surface area contributed by atoms with Crippen molar-refractivity contribution in [2.45, 2.75) is 56.9 Å². The van der Waals surface area contributed by atoms with E-state index in [1.165, 1.54) is 12.0 Å². The molecule has 1 aliphatic rings. The molecule has 20 heavy (non-hydrogen) atoms. The number of rotatable bonds is 6. The third-order valence-electron chi connectivity index (χ3n) is 4.57. The molecule has 1 amide bonds. The molecule has 3 heteroatoms. The molecule has 1 aromatic rings. The standard InChI is InChI=1S/C17H26N2O/c1-3-10-16(2,18)15(20)19-13-17(11-7-12-17)14-8-5-4-6-9-14/h4-6,8-9H,3,7,10-13,18H2,1-2H3,(H,19,20). The second kappa shape index (κ2) is 5.96. The number of carbonyl (C=O) groups is 1. The molecule has 0 radical (unpaired) electrons. The van der Waals surface area contributed by atoms with Crippen LogP contribution in [0.3, 0.4) is 0 Å². The molecule has 0 saturated heterocycles. The van der Waals surface area contributed by atoms with E-state index in [4.69, 9.17) is 5.73 Å². The second-order valence-corrected chi connectivity index (χ2v) is 6.35. The van der Waals surface area contributed by atoms with Crippen molar-refractivity contribution in [2.24, 2.45) is 5.73 Å². The van der Waals surface area contributed by atoms with Crippen molar-refractivity contribution in [1.82, 2.24) is 5.32 Å². The highest BCUT2D eigenvalue weighted by molar-refractivity contribution is 5.85. The lowest BCUT2D eigenvalue weighted by atomic mass is 9.64. The van der Waals surface area contributed by atoms with Gasteiger partial charge in [0.1, 0.15) is 0 Å². The van der Waals surface area contributed by atoms with E-state index in [0.717, 1.165) is 25.7 Å². The maximum absolute atomic E-state index is 12.2. The summed E-state index contributed by atoms with van der Waals surface area (Å²) >= 11 is 0. The van der Waals surface area contributed by atoms with Crippen LogP contribution in [0.5, 0.6) is 0 Å². The summed E-state index contributed by atoms with van der Waals surface area (Å²) in [5.41, 5.74) is 6.79. The molecule has 1 aliphatic carbocycles. The average molecular weight is 274 g/mol. The largest absolute Gasteiger partial charge is 0.354 e. The van der Waals surface area contributed by atoms with Gasteiger partial charge in [-0.05, 0) is 31.7 Å². The monoisotopic (exact) mass is 274 g/mol. The van der Waals surface area contributed by atoms with E-state index in [2.05, 4.69) is 36.5 Å². The van der Waals surface area contributed by atoms with Crippen molar-refractivity contribution in [3.8, 4) is 0 Å². The SMILES string of the molecule is CCCC(C)(N)C(=O)NCC1(c2ccccc2)CCC1. The minimum absolute atomic E-state index is 0.0263. The zero-order valence-corrected chi connectivity index (χ0v) is 12.6. The zero-order valence-electron chi connectivity index (χ0n) is 12.6. The Morgan fingerprint density at radius 3 is 2.50 bits per heavy atom. The van der Waals surface area contributed by atoms with Crippen molar-refractivity contribution in [3.05, 3.63) is 35.9 Å². The summed E-state index contributed by atoms with van der Waals surface area (Å²) in [4.78, 5) is 12.2. The van der Waals surface area contributed by atoms with Crippen molar-refractivity contribution in [1.29, 1.82) is 0 Å². The number of benzene rings is 1. The molecule has 0 spiro atoms. The van der Waals surface area contributed by atoms with Crippen molar-refractivity contribution < 1.29 is 4.79 Å². The van der Waals surface area contributed by atoms with Crippen LogP contribution >= 0.6 is 0 Å². The van der Waals surface area contributed by atoms with Gasteiger partial charge in [0.15, 0.2) is 0 Å². The van der Waals surface area contributed by atoms with Crippen LogP contribution in [-0.4, -0.2) is 18.0 Å². The van der Waals surface area contributed by atoms with Gasteiger partial charge >= 0.3 is 0 Å². The fourth-order valence-corrected chi connectivity index (χ4v) is 3.05. The van der Waals surface area contributed by atoms with Gasteiger partial charge in [0.2, 0.25) is 5.91 Å². The Bertz CT molecular complexity index is 449. The number of amides is 1. The number of hydrogen-bond acceptors (Lipinski definition) is 2. The van der Waals surface area contributed by atoms with E-state index in [1.807, 2.05) is 13.0 Å². The number of nitrogens with two attached hydrogens (primary N) is 1. The number of carbonyl (C=O) groups excluding carboxylic acids is 1. The summed E-state index contributed by atoms with van der Waals surface area (Å²) < 4.78 is 0. The summed E-state index contributed by atoms with van der Waals surface area (Å²) in [5.74, 6) is -0.0263. The Balaban J connectivity index is 2.00. The van der Waals surface area contributed by atoms with E-state index >= 15 is 0 Å². The number of hydrogen-bond donors (Lipinski definition) is 2. The highest BCUT2D eigenvalue weighted by Gasteiger charge is 2.39. The van der Waals surface area contributed by atoms with Gasteiger partial charge in [0.05, 0.1) is 5.54 Å². The predicted octanol–water partition coefficient (Wildman–Crippen LogP) is 2.74.